The van der Waals surface area contributed by atoms with E-state index in [0.29, 0.717) is 26.7 Å². The second kappa shape index (κ2) is 9.41. The minimum Gasteiger partial charge on any atom is -0.346 e. The van der Waals surface area contributed by atoms with E-state index >= 15 is 0 Å². The molecule has 5 nitrogen and oxygen atoms in total. The van der Waals surface area contributed by atoms with Crippen molar-refractivity contribution in [1.82, 2.24) is 20.1 Å². The summed E-state index contributed by atoms with van der Waals surface area (Å²) in [6.45, 7) is 1.92. The number of carbonyl (C=O) groups is 1. The molecular formula is C22H22Cl2N4OS. The van der Waals surface area contributed by atoms with Gasteiger partial charge in [-0.3, -0.25) is 9.36 Å². The van der Waals surface area contributed by atoms with Gasteiger partial charge in [-0.25, -0.2) is 0 Å². The zero-order valence-corrected chi connectivity index (χ0v) is 18.8. The fourth-order valence-electron chi connectivity index (χ4n) is 3.33. The molecular weight excluding hydrogens is 439 g/mol. The van der Waals surface area contributed by atoms with Crippen LogP contribution >= 0.6 is 35.0 Å². The Kier molecular flexibility index (Phi) is 6.66. The number of aromatic nitrogens is 3. The predicted molar refractivity (Wildman–Crippen MR) is 121 cm³/mol. The van der Waals surface area contributed by atoms with E-state index < -0.39 is 0 Å². The molecule has 0 radical (unpaired) electrons. The van der Waals surface area contributed by atoms with E-state index in [1.807, 2.05) is 29.7 Å². The lowest BCUT2D eigenvalue weighted by Crippen LogP contribution is -2.36. The highest BCUT2D eigenvalue weighted by Gasteiger charge is 2.28. The number of hydrogen-bond donors (Lipinski definition) is 1. The van der Waals surface area contributed by atoms with Crippen LogP contribution in [0.3, 0.4) is 0 Å². The number of rotatable bonds is 7. The number of nitrogens with one attached hydrogen (secondary N) is 1. The van der Waals surface area contributed by atoms with Crippen LogP contribution in [0.4, 0.5) is 0 Å². The second-order valence-corrected chi connectivity index (χ2v) is 9.19. The zero-order chi connectivity index (χ0) is 21.1. The average Bonchev–Trinajstić information content (AvgIpc) is 3.11. The lowest BCUT2D eigenvalue weighted by Gasteiger charge is -2.26. The summed E-state index contributed by atoms with van der Waals surface area (Å²) < 4.78 is 1.90. The van der Waals surface area contributed by atoms with Gasteiger partial charge in [0.05, 0.1) is 16.8 Å². The Morgan fingerprint density at radius 1 is 1.20 bits per heavy atom. The molecule has 1 aromatic heterocycles. The van der Waals surface area contributed by atoms with Crippen LogP contribution in [-0.2, 0) is 10.5 Å². The number of hydrogen-bond acceptors (Lipinski definition) is 4. The molecule has 156 valence electrons. The van der Waals surface area contributed by atoms with Crippen molar-refractivity contribution in [3.63, 3.8) is 0 Å². The van der Waals surface area contributed by atoms with Crippen molar-refractivity contribution in [2.75, 3.05) is 0 Å². The Balaban J connectivity index is 1.66. The van der Waals surface area contributed by atoms with Gasteiger partial charge >= 0.3 is 0 Å². The van der Waals surface area contributed by atoms with Crippen molar-refractivity contribution in [1.29, 1.82) is 0 Å². The summed E-state index contributed by atoms with van der Waals surface area (Å²) in [5.74, 6) is 1.53. The summed E-state index contributed by atoms with van der Waals surface area (Å²) in [5, 5.41) is 13.7. The Morgan fingerprint density at radius 3 is 2.67 bits per heavy atom. The maximum Gasteiger partial charge on any atom is 0.223 e. The molecule has 30 heavy (non-hydrogen) atoms. The highest BCUT2D eigenvalue weighted by Crippen LogP contribution is 2.33. The minimum atomic E-state index is -0.313. The number of thioether (sulfide) groups is 1. The Bertz CT molecular complexity index is 1040. The van der Waals surface area contributed by atoms with Crippen LogP contribution in [0.25, 0.3) is 5.69 Å². The molecule has 0 saturated heterocycles. The first-order valence-corrected chi connectivity index (χ1v) is 11.6. The van der Waals surface area contributed by atoms with E-state index in [1.54, 1.807) is 30.0 Å². The van der Waals surface area contributed by atoms with E-state index in [1.165, 1.54) is 5.56 Å². The third-order valence-electron chi connectivity index (χ3n) is 5.24. The predicted octanol–water partition coefficient (Wildman–Crippen LogP) is 5.84. The van der Waals surface area contributed by atoms with Crippen molar-refractivity contribution >= 4 is 40.9 Å². The minimum absolute atomic E-state index is 0.0685. The van der Waals surface area contributed by atoms with Gasteiger partial charge in [-0.05, 0) is 43.5 Å². The molecule has 0 bridgehead atoms. The van der Waals surface area contributed by atoms with E-state index in [2.05, 4.69) is 27.6 Å². The molecule has 0 spiro atoms. The highest BCUT2D eigenvalue weighted by atomic mass is 35.5. The summed E-state index contributed by atoms with van der Waals surface area (Å²) in [7, 11) is 0. The lowest BCUT2D eigenvalue weighted by atomic mass is 9.84. The number of carbonyl (C=O) groups excluding carboxylic acids is 1. The molecule has 1 saturated carbocycles. The van der Waals surface area contributed by atoms with Crippen molar-refractivity contribution < 1.29 is 4.79 Å². The first kappa shape index (κ1) is 21.2. The molecule has 1 aliphatic carbocycles. The zero-order valence-electron chi connectivity index (χ0n) is 16.5. The lowest BCUT2D eigenvalue weighted by molar-refractivity contribution is -0.128. The molecule has 1 fully saturated rings. The van der Waals surface area contributed by atoms with Crippen LogP contribution in [0, 0.1) is 5.92 Å². The van der Waals surface area contributed by atoms with E-state index in [9.17, 15) is 4.79 Å². The maximum atomic E-state index is 12.5. The molecule has 1 unspecified atom stereocenters. The number of amides is 1. The third-order valence-corrected chi connectivity index (χ3v) is 6.80. The molecule has 3 aromatic rings. The summed E-state index contributed by atoms with van der Waals surface area (Å²) >= 11 is 14.3. The normalized spacial score (nSPS) is 14.9. The van der Waals surface area contributed by atoms with Gasteiger partial charge in [0.2, 0.25) is 5.91 Å². The molecule has 1 atom stereocenters. The number of halogens is 2. The van der Waals surface area contributed by atoms with Crippen molar-refractivity contribution in [2.45, 2.75) is 43.1 Å². The average molecular weight is 461 g/mol. The molecule has 2 aromatic carbocycles. The van der Waals surface area contributed by atoms with Crippen LogP contribution in [0.2, 0.25) is 10.0 Å². The number of benzene rings is 2. The van der Waals surface area contributed by atoms with Crippen LogP contribution in [-0.4, -0.2) is 20.7 Å². The summed E-state index contributed by atoms with van der Waals surface area (Å²) in [5.41, 5.74) is 1.88. The van der Waals surface area contributed by atoms with Crippen molar-refractivity contribution in [3.8, 4) is 5.69 Å². The van der Waals surface area contributed by atoms with Crippen molar-refractivity contribution in [3.05, 3.63) is 70.0 Å². The van der Waals surface area contributed by atoms with Gasteiger partial charge < -0.3 is 5.32 Å². The second-order valence-electron chi connectivity index (χ2n) is 7.40. The fourth-order valence-corrected chi connectivity index (χ4v) is 4.60. The standard InChI is InChI=1S/C22H22Cl2N4OS/c1-14(25-21(29)16-8-5-9-16)20-26-27-22(30-13-15-6-3-2-4-7-15)28(20)19-12-17(23)10-11-18(19)24/h2-4,6-7,10-12,14,16H,5,8-9,13H2,1H3,(H,25,29). The molecule has 1 N–H and O–H groups in total. The van der Waals surface area contributed by atoms with Gasteiger partial charge in [0, 0.05) is 16.7 Å². The first-order chi connectivity index (χ1) is 14.5. The molecule has 0 aliphatic heterocycles. The van der Waals surface area contributed by atoms with Crippen LogP contribution < -0.4 is 5.32 Å². The maximum absolute atomic E-state index is 12.5. The van der Waals surface area contributed by atoms with Gasteiger partial charge in [-0.15, -0.1) is 10.2 Å². The van der Waals surface area contributed by atoms with E-state index in [-0.39, 0.29) is 17.9 Å². The Hall–Kier alpha value is -2.02. The van der Waals surface area contributed by atoms with Crippen LogP contribution in [0.15, 0.2) is 53.7 Å². The SMILES string of the molecule is CC(NC(=O)C1CCC1)c1nnc(SCc2ccccc2)n1-c1cc(Cl)ccc1Cl. The molecule has 1 aliphatic rings. The molecule has 1 amide bonds. The van der Waals surface area contributed by atoms with Gasteiger partial charge in [-0.1, -0.05) is 71.7 Å². The quantitative estimate of drug-likeness (QED) is 0.449. The Labute approximate surface area is 190 Å². The highest BCUT2D eigenvalue weighted by molar-refractivity contribution is 7.98. The van der Waals surface area contributed by atoms with E-state index in [4.69, 9.17) is 23.2 Å². The van der Waals surface area contributed by atoms with Gasteiger partial charge in [-0.2, -0.15) is 0 Å². The first-order valence-electron chi connectivity index (χ1n) is 9.91. The number of nitrogens with zero attached hydrogens (tertiary/aromatic N) is 3. The van der Waals surface area contributed by atoms with E-state index in [0.717, 1.165) is 25.0 Å². The smallest absolute Gasteiger partial charge is 0.223 e. The molecule has 1 heterocycles. The van der Waals surface area contributed by atoms with Crippen molar-refractivity contribution in [2.24, 2.45) is 5.92 Å². The monoisotopic (exact) mass is 460 g/mol. The molecule has 8 heteroatoms. The topological polar surface area (TPSA) is 59.8 Å². The fraction of sp³-hybridized carbons (Fsp3) is 0.318. The van der Waals surface area contributed by atoms with Crippen LogP contribution in [0.5, 0.6) is 0 Å². The Morgan fingerprint density at radius 2 is 1.97 bits per heavy atom. The molecule has 4 rings (SSSR count). The van der Waals surface area contributed by atoms with Gasteiger partial charge in [0.15, 0.2) is 11.0 Å². The van der Waals surface area contributed by atoms with Gasteiger partial charge in [0.25, 0.3) is 0 Å². The third kappa shape index (κ3) is 4.66. The summed E-state index contributed by atoms with van der Waals surface area (Å²) in [6.07, 6.45) is 3.01. The largest absolute Gasteiger partial charge is 0.346 e. The van der Waals surface area contributed by atoms with Gasteiger partial charge in [0.1, 0.15) is 0 Å². The summed E-state index contributed by atoms with van der Waals surface area (Å²) in [4.78, 5) is 12.5. The summed E-state index contributed by atoms with van der Waals surface area (Å²) in [6, 6.07) is 15.1. The van der Waals surface area contributed by atoms with Crippen LogP contribution in [0.1, 0.15) is 43.6 Å².